The number of halogens is 2. The van der Waals surface area contributed by atoms with Gasteiger partial charge in [0.25, 0.3) is 5.91 Å². The molecule has 0 unspecified atom stereocenters. The number of hydrogen-bond donors (Lipinski definition) is 1. The molecule has 1 aromatic carbocycles. The zero-order valence-corrected chi connectivity index (χ0v) is 10.1. The Kier molecular flexibility index (Phi) is 3.43. The van der Waals surface area contributed by atoms with Crippen LogP contribution in [0.3, 0.4) is 0 Å². The van der Waals surface area contributed by atoms with Crippen molar-refractivity contribution in [3.05, 3.63) is 52.8 Å². The molecule has 2 rings (SSSR count). The molecule has 0 bridgehead atoms. The highest BCUT2D eigenvalue weighted by Crippen LogP contribution is 2.19. The second kappa shape index (κ2) is 5.01. The van der Waals surface area contributed by atoms with Crippen molar-refractivity contribution in [2.75, 3.05) is 5.32 Å². The van der Waals surface area contributed by atoms with Gasteiger partial charge in [0.1, 0.15) is 12.1 Å². The summed E-state index contributed by atoms with van der Waals surface area (Å²) in [6.45, 7) is 0. The first-order chi connectivity index (χ1) is 8.18. The second-order valence-corrected chi connectivity index (χ2v) is 4.04. The minimum absolute atomic E-state index is 0.0387. The Morgan fingerprint density at radius 1 is 1.29 bits per heavy atom. The lowest BCUT2D eigenvalue weighted by atomic mass is 10.2. The molecular formula is C11H7BrFN3O. The van der Waals surface area contributed by atoms with Crippen LogP contribution in [0.2, 0.25) is 0 Å². The average Bonchev–Trinajstić information content (AvgIpc) is 2.34. The van der Waals surface area contributed by atoms with Crippen molar-refractivity contribution in [1.29, 1.82) is 0 Å². The minimum Gasteiger partial charge on any atom is -0.319 e. The van der Waals surface area contributed by atoms with Crippen molar-refractivity contribution in [2.24, 2.45) is 0 Å². The molecule has 86 valence electrons. The van der Waals surface area contributed by atoms with Crippen molar-refractivity contribution in [3.8, 4) is 0 Å². The molecule has 1 aromatic heterocycles. The molecule has 6 heteroatoms. The quantitative estimate of drug-likeness (QED) is 0.927. The molecule has 0 atom stereocenters. The van der Waals surface area contributed by atoms with Crippen LogP contribution in [0.25, 0.3) is 0 Å². The van der Waals surface area contributed by atoms with E-state index in [4.69, 9.17) is 0 Å². The summed E-state index contributed by atoms with van der Waals surface area (Å²) in [5.41, 5.74) is 0.375. The van der Waals surface area contributed by atoms with Gasteiger partial charge >= 0.3 is 0 Å². The molecule has 2 aromatic rings. The molecule has 0 aliphatic rings. The molecular weight excluding hydrogens is 289 g/mol. The topological polar surface area (TPSA) is 54.9 Å². The fourth-order valence-corrected chi connectivity index (χ4v) is 1.61. The zero-order chi connectivity index (χ0) is 12.3. The number of carbonyl (C=O) groups excluding carboxylic acids is 1. The number of amides is 1. The molecule has 17 heavy (non-hydrogen) atoms. The van der Waals surface area contributed by atoms with Gasteiger partial charge in [0.15, 0.2) is 0 Å². The van der Waals surface area contributed by atoms with Crippen LogP contribution < -0.4 is 5.32 Å². The Morgan fingerprint density at radius 2 is 2.00 bits per heavy atom. The van der Waals surface area contributed by atoms with Crippen LogP contribution in [0.15, 0.2) is 41.4 Å². The van der Waals surface area contributed by atoms with Crippen LogP contribution in [0, 0.1) is 5.82 Å². The molecule has 1 N–H and O–H groups in total. The van der Waals surface area contributed by atoms with Crippen LogP contribution in [0.4, 0.5) is 10.1 Å². The van der Waals surface area contributed by atoms with E-state index in [-0.39, 0.29) is 10.0 Å². The Bertz CT molecular complexity index is 548. The minimum atomic E-state index is -0.596. The van der Waals surface area contributed by atoms with E-state index in [1.807, 2.05) is 0 Å². The van der Waals surface area contributed by atoms with E-state index in [9.17, 15) is 9.18 Å². The normalized spacial score (nSPS) is 10.0. The SMILES string of the molecule is O=C(Nc1cncnc1)c1cccc(Br)c1F. The lowest BCUT2D eigenvalue weighted by Gasteiger charge is -2.05. The van der Waals surface area contributed by atoms with E-state index in [2.05, 4.69) is 31.2 Å². The molecule has 0 aliphatic heterocycles. The highest BCUT2D eigenvalue weighted by molar-refractivity contribution is 9.10. The summed E-state index contributed by atoms with van der Waals surface area (Å²) in [6.07, 6.45) is 4.21. The van der Waals surface area contributed by atoms with Crippen molar-refractivity contribution in [1.82, 2.24) is 9.97 Å². The number of hydrogen-bond acceptors (Lipinski definition) is 3. The molecule has 1 amide bonds. The van der Waals surface area contributed by atoms with Gasteiger partial charge < -0.3 is 5.32 Å². The number of rotatable bonds is 2. The first kappa shape index (κ1) is 11.7. The average molecular weight is 296 g/mol. The van der Waals surface area contributed by atoms with Gasteiger partial charge in [-0.05, 0) is 28.1 Å². The summed E-state index contributed by atoms with van der Waals surface area (Å²) < 4.78 is 13.9. The molecule has 0 saturated carbocycles. The molecule has 0 fully saturated rings. The van der Waals surface area contributed by atoms with Gasteiger partial charge in [-0.15, -0.1) is 0 Å². The Balaban J connectivity index is 2.24. The van der Waals surface area contributed by atoms with Gasteiger partial charge in [-0.25, -0.2) is 14.4 Å². The number of nitrogens with zero attached hydrogens (tertiary/aromatic N) is 2. The van der Waals surface area contributed by atoms with Gasteiger partial charge in [-0.3, -0.25) is 4.79 Å². The summed E-state index contributed by atoms with van der Waals surface area (Å²) in [5, 5.41) is 2.50. The highest BCUT2D eigenvalue weighted by atomic mass is 79.9. The van der Waals surface area contributed by atoms with Gasteiger partial charge in [0.2, 0.25) is 0 Å². The first-order valence-corrected chi connectivity index (χ1v) is 5.48. The maximum atomic E-state index is 13.6. The Morgan fingerprint density at radius 3 is 2.71 bits per heavy atom. The summed E-state index contributed by atoms with van der Waals surface area (Å²) in [7, 11) is 0. The number of anilines is 1. The monoisotopic (exact) mass is 295 g/mol. The summed E-state index contributed by atoms with van der Waals surface area (Å²) >= 11 is 3.02. The van der Waals surface area contributed by atoms with Crippen LogP contribution in [0.5, 0.6) is 0 Å². The van der Waals surface area contributed by atoms with E-state index < -0.39 is 11.7 Å². The van der Waals surface area contributed by atoms with E-state index in [0.29, 0.717) is 5.69 Å². The van der Waals surface area contributed by atoms with Crippen LogP contribution in [-0.4, -0.2) is 15.9 Å². The Hall–Kier alpha value is -1.82. The fraction of sp³-hybridized carbons (Fsp3) is 0. The van der Waals surface area contributed by atoms with Crippen molar-refractivity contribution >= 4 is 27.5 Å². The molecule has 0 saturated heterocycles. The van der Waals surface area contributed by atoms with Crippen molar-refractivity contribution in [2.45, 2.75) is 0 Å². The van der Waals surface area contributed by atoms with Crippen LogP contribution in [0.1, 0.15) is 10.4 Å². The lowest BCUT2D eigenvalue weighted by molar-refractivity contribution is 0.102. The standard InChI is InChI=1S/C11H7BrFN3O/c12-9-3-1-2-8(10(9)13)11(17)16-7-4-14-6-15-5-7/h1-6H,(H,16,17). The van der Waals surface area contributed by atoms with Gasteiger partial charge in [0.05, 0.1) is 28.1 Å². The largest absolute Gasteiger partial charge is 0.319 e. The summed E-state index contributed by atoms with van der Waals surface area (Å²) in [5.74, 6) is -1.14. The Labute approximate surface area is 105 Å². The fourth-order valence-electron chi connectivity index (χ4n) is 1.24. The molecule has 4 nitrogen and oxygen atoms in total. The zero-order valence-electron chi connectivity index (χ0n) is 8.52. The third-order valence-corrected chi connectivity index (χ3v) is 2.63. The molecule has 0 aliphatic carbocycles. The van der Waals surface area contributed by atoms with Crippen LogP contribution in [-0.2, 0) is 0 Å². The number of aromatic nitrogens is 2. The smallest absolute Gasteiger partial charge is 0.258 e. The van der Waals surface area contributed by atoms with E-state index in [0.717, 1.165) is 0 Å². The summed E-state index contributed by atoms with van der Waals surface area (Å²) in [6, 6.07) is 4.51. The van der Waals surface area contributed by atoms with Gasteiger partial charge in [0, 0.05) is 0 Å². The van der Waals surface area contributed by atoms with Crippen LogP contribution >= 0.6 is 15.9 Å². The first-order valence-electron chi connectivity index (χ1n) is 4.69. The van der Waals surface area contributed by atoms with Gasteiger partial charge in [-0.2, -0.15) is 0 Å². The predicted molar refractivity (Wildman–Crippen MR) is 64.1 cm³/mol. The predicted octanol–water partition coefficient (Wildman–Crippen LogP) is 2.63. The van der Waals surface area contributed by atoms with Gasteiger partial charge in [-0.1, -0.05) is 6.07 Å². The maximum Gasteiger partial charge on any atom is 0.258 e. The number of carbonyl (C=O) groups is 1. The van der Waals surface area contributed by atoms with E-state index >= 15 is 0 Å². The van der Waals surface area contributed by atoms with Crippen molar-refractivity contribution in [3.63, 3.8) is 0 Å². The van der Waals surface area contributed by atoms with E-state index in [1.54, 1.807) is 6.07 Å². The van der Waals surface area contributed by atoms with E-state index in [1.165, 1.54) is 30.9 Å². The molecule has 0 spiro atoms. The third-order valence-electron chi connectivity index (χ3n) is 2.01. The van der Waals surface area contributed by atoms with Crippen molar-refractivity contribution < 1.29 is 9.18 Å². The second-order valence-electron chi connectivity index (χ2n) is 3.18. The molecule has 0 radical (unpaired) electrons. The maximum absolute atomic E-state index is 13.6. The highest BCUT2D eigenvalue weighted by Gasteiger charge is 2.13. The summed E-state index contributed by atoms with van der Waals surface area (Å²) in [4.78, 5) is 19.2. The lowest BCUT2D eigenvalue weighted by Crippen LogP contribution is -2.14. The number of benzene rings is 1. The third kappa shape index (κ3) is 2.65. The number of nitrogens with one attached hydrogen (secondary N) is 1. The molecule has 1 heterocycles.